The third-order valence-corrected chi connectivity index (χ3v) is 4.32. The molecule has 0 aliphatic carbocycles. The maximum atomic E-state index is 12.2. The number of aryl methyl sites for hydroxylation is 2. The minimum absolute atomic E-state index is 0.0118. The number of carbonyl (C=O) groups is 1. The summed E-state index contributed by atoms with van der Waals surface area (Å²) in [6.07, 6.45) is 4.11. The van der Waals surface area contributed by atoms with E-state index < -0.39 is 0 Å². The monoisotopic (exact) mass is 327 g/mol. The van der Waals surface area contributed by atoms with E-state index in [0.29, 0.717) is 5.02 Å². The number of hydrogen-bond donors (Lipinski definition) is 1. The van der Waals surface area contributed by atoms with E-state index in [9.17, 15) is 4.79 Å². The Hall–Kier alpha value is -2.06. The van der Waals surface area contributed by atoms with Crippen LogP contribution in [0.15, 0.2) is 48.5 Å². The van der Waals surface area contributed by atoms with Gasteiger partial charge in [0.25, 0.3) is 0 Å². The lowest BCUT2D eigenvalue weighted by atomic mass is 9.99. The van der Waals surface area contributed by atoms with Gasteiger partial charge in [-0.25, -0.2) is 0 Å². The first kappa shape index (κ1) is 17.3. The van der Waals surface area contributed by atoms with E-state index in [4.69, 9.17) is 11.6 Å². The number of hydrogen-bond acceptors (Lipinski definition) is 1. The van der Waals surface area contributed by atoms with E-state index in [-0.39, 0.29) is 11.9 Å². The van der Waals surface area contributed by atoms with Gasteiger partial charge in [-0.05, 0) is 54.7 Å². The highest BCUT2D eigenvalue weighted by Crippen LogP contribution is 2.20. The second-order valence-electron chi connectivity index (χ2n) is 5.67. The van der Waals surface area contributed by atoms with Crippen molar-refractivity contribution in [2.45, 2.75) is 33.2 Å². The van der Waals surface area contributed by atoms with Gasteiger partial charge in [0, 0.05) is 11.1 Å². The Balaban J connectivity index is 2.08. The molecule has 1 atom stereocenters. The van der Waals surface area contributed by atoms with Crippen molar-refractivity contribution in [1.82, 2.24) is 5.32 Å². The van der Waals surface area contributed by atoms with Gasteiger partial charge in [0.2, 0.25) is 5.91 Å². The molecular formula is C20H22ClNO. The van der Waals surface area contributed by atoms with Crippen molar-refractivity contribution in [3.63, 3.8) is 0 Å². The molecule has 0 saturated heterocycles. The molecule has 0 unspecified atom stereocenters. The number of halogens is 1. The van der Waals surface area contributed by atoms with E-state index in [0.717, 1.165) is 17.5 Å². The maximum absolute atomic E-state index is 12.2. The zero-order valence-electron chi connectivity index (χ0n) is 13.8. The van der Waals surface area contributed by atoms with Crippen LogP contribution in [0.2, 0.25) is 5.02 Å². The number of carbonyl (C=O) groups excluding carboxylic acids is 1. The van der Waals surface area contributed by atoms with Crippen LogP contribution >= 0.6 is 11.6 Å². The maximum Gasteiger partial charge on any atom is 0.244 e. The van der Waals surface area contributed by atoms with Gasteiger partial charge in [0.05, 0.1) is 6.04 Å². The quantitative estimate of drug-likeness (QED) is 0.748. The molecule has 0 radical (unpaired) electrons. The Morgan fingerprint density at radius 2 is 1.91 bits per heavy atom. The van der Waals surface area contributed by atoms with Gasteiger partial charge in [-0.1, -0.05) is 54.9 Å². The largest absolute Gasteiger partial charge is 0.346 e. The van der Waals surface area contributed by atoms with Crippen molar-refractivity contribution in [2.75, 3.05) is 0 Å². The first-order valence-corrected chi connectivity index (χ1v) is 8.19. The van der Waals surface area contributed by atoms with Crippen LogP contribution in [0.3, 0.4) is 0 Å². The second kappa shape index (κ2) is 7.98. The fourth-order valence-corrected chi connectivity index (χ4v) is 2.60. The molecule has 0 aromatic heterocycles. The van der Waals surface area contributed by atoms with Crippen molar-refractivity contribution in [1.29, 1.82) is 0 Å². The molecule has 0 aliphatic heterocycles. The van der Waals surface area contributed by atoms with Crippen molar-refractivity contribution < 1.29 is 4.79 Å². The summed E-state index contributed by atoms with van der Waals surface area (Å²) in [4.78, 5) is 12.2. The number of rotatable bonds is 5. The molecule has 0 fully saturated rings. The molecule has 3 heteroatoms. The smallest absolute Gasteiger partial charge is 0.244 e. The third-order valence-electron chi connectivity index (χ3n) is 3.98. The topological polar surface area (TPSA) is 29.1 Å². The molecule has 2 aromatic rings. The molecule has 0 heterocycles. The van der Waals surface area contributed by atoms with E-state index >= 15 is 0 Å². The van der Waals surface area contributed by atoms with Gasteiger partial charge in [0.1, 0.15) is 0 Å². The Kier molecular flexibility index (Phi) is 6.00. The molecule has 1 N–H and O–H groups in total. The van der Waals surface area contributed by atoms with Gasteiger partial charge >= 0.3 is 0 Å². The summed E-state index contributed by atoms with van der Waals surface area (Å²) in [6, 6.07) is 13.8. The van der Waals surface area contributed by atoms with Crippen molar-refractivity contribution in [2.24, 2.45) is 0 Å². The predicted molar refractivity (Wildman–Crippen MR) is 97.6 cm³/mol. The highest BCUT2D eigenvalue weighted by atomic mass is 35.5. The lowest BCUT2D eigenvalue weighted by Crippen LogP contribution is -2.26. The minimum Gasteiger partial charge on any atom is -0.346 e. The van der Waals surface area contributed by atoms with Crippen LogP contribution in [0.1, 0.15) is 41.6 Å². The second-order valence-corrected chi connectivity index (χ2v) is 6.08. The average Bonchev–Trinajstić information content (AvgIpc) is 2.54. The van der Waals surface area contributed by atoms with Gasteiger partial charge in [-0.15, -0.1) is 0 Å². The van der Waals surface area contributed by atoms with Crippen molar-refractivity contribution in [3.05, 3.63) is 75.8 Å². The minimum atomic E-state index is -0.116. The van der Waals surface area contributed by atoms with Crippen LogP contribution in [0.5, 0.6) is 0 Å². The zero-order valence-corrected chi connectivity index (χ0v) is 14.5. The van der Waals surface area contributed by atoms with Gasteiger partial charge in [-0.2, -0.15) is 0 Å². The van der Waals surface area contributed by atoms with Crippen molar-refractivity contribution >= 4 is 23.6 Å². The first-order chi connectivity index (χ1) is 11.0. The fourth-order valence-electron chi connectivity index (χ4n) is 2.40. The standard InChI is InChI=1S/C20H22ClNO/c1-4-19(17-10-9-14(2)15(3)13-17)22-20(23)12-11-16-7-5-6-8-18(16)21/h5-13,19H,4H2,1-3H3,(H,22,23)/b12-11+/t19-/m1/s1. The lowest BCUT2D eigenvalue weighted by molar-refractivity contribution is -0.117. The fraction of sp³-hybridized carbons (Fsp3) is 0.250. The summed E-state index contributed by atoms with van der Waals surface area (Å²) < 4.78 is 0. The van der Waals surface area contributed by atoms with E-state index in [1.165, 1.54) is 17.2 Å². The molecule has 0 saturated carbocycles. The summed E-state index contributed by atoms with van der Waals surface area (Å²) in [5, 5.41) is 3.69. The summed E-state index contributed by atoms with van der Waals surface area (Å²) in [7, 11) is 0. The zero-order chi connectivity index (χ0) is 16.8. The van der Waals surface area contributed by atoms with Crippen LogP contribution in [-0.2, 0) is 4.79 Å². The number of nitrogens with one attached hydrogen (secondary N) is 1. The number of amides is 1. The van der Waals surface area contributed by atoms with Crippen LogP contribution in [-0.4, -0.2) is 5.91 Å². The average molecular weight is 328 g/mol. The molecule has 0 aliphatic rings. The highest BCUT2D eigenvalue weighted by Gasteiger charge is 2.11. The van der Waals surface area contributed by atoms with Crippen LogP contribution in [0, 0.1) is 13.8 Å². The summed E-state index contributed by atoms with van der Waals surface area (Å²) in [5.41, 5.74) is 4.47. The highest BCUT2D eigenvalue weighted by molar-refractivity contribution is 6.32. The van der Waals surface area contributed by atoms with Crippen LogP contribution in [0.25, 0.3) is 6.08 Å². The first-order valence-electron chi connectivity index (χ1n) is 7.81. The Morgan fingerprint density at radius 3 is 2.57 bits per heavy atom. The molecule has 0 bridgehead atoms. The number of benzene rings is 2. The van der Waals surface area contributed by atoms with Crippen LogP contribution < -0.4 is 5.32 Å². The SMILES string of the molecule is CC[C@@H](NC(=O)/C=C/c1ccccc1Cl)c1ccc(C)c(C)c1. The predicted octanol–water partition coefficient (Wildman–Crippen LogP) is 5.24. The van der Waals surface area contributed by atoms with Crippen molar-refractivity contribution in [3.8, 4) is 0 Å². The molecule has 120 valence electrons. The Labute approximate surface area is 143 Å². The third kappa shape index (κ3) is 4.70. The molecule has 2 rings (SSSR count). The van der Waals surface area contributed by atoms with Gasteiger partial charge in [-0.3, -0.25) is 4.79 Å². The summed E-state index contributed by atoms with van der Waals surface area (Å²) in [6.45, 7) is 6.24. The Bertz CT molecular complexity index is 721. The molecule has 0 spiro atoms. The van der Waals surface area contributed by atoms with E-state index in [2.05, 4.69) is 44.3 Å². The van der Waals surface area contributed by atoms with Gasteiger partial charge in [0.15, 0.2) is 0 Å². The molecule has 1 amide bonds. The molecule has 2 nitrogen and oxygen atoms in total. The Morgan fingerprint density at radius 1 is 1.17 bits per heavy atom. The molecular weight excluding hydrogens is 306 g/mol. The summed E-state index contributed by atoms with van der Waals surface area (Å²) in [5.74, 6) is -0.116. The molecule has 2 aromatic carbocycles. The summed E-state index contributed by atoms with van der Waals surface area (Å²) >= 11 is 6.09. The van der Waals surface area contributed by atoms with E-state index in [1.54, 1.807) is 6.08 Å². The van der Waals surface area contributed by atoms with Gasteiger partial charge < -0.3 is 5.32 Å². The molecule has 23 heavy (non-hydrogen) atoms. The van der Waals surface area contributed by atoms with E-state index in [1.807, 2.05) is 24.3 Å². The lowest BCUT2D eigenvalue weighted by Gasteiger charge is -2.17. The normalized spacial score (nSPS) is 12.3. The van der Waals surface area contributed by atoms with Crippen LogP contribution in [0.4, 0.5) is 0 Å².